The van der Waals surface area contributed by atoms with E-state index in [2.05, 4.69) is 17.1 Å². The molecule has 0 bridgehead atoms. The number of nitro groups is 1. The molecule has 7 heteroatoms. The Morgan fingerprint density at radius 3 is 2.95 bits per heavy atom. The van der Waals surface area contributed by atoms with Crippen LogP contribution in [-0.2, 0) is 6.54 Å². The fourth-order valence-electron chi connectivity index (χ4n) is 2.26. The van der Waals surface area contributed by atoms with Gasteiger partial charge in [0.05, 0.1) is 4.92 Å². The van der Waals surface area contributed by atoms with Crippen LogP contribution in [0.5, 0.6) is 0 Å². The van der Waals surface area contributed by atoms with Gasteiger partial charge in [-0.1, -0.05) is 11.6 Å². The van der Waals surface area contributed by atoms with Crippen molar-refractivity contribution in [1.82, 2.24) is 10.2 Å². The van der Waals surface area contributed by atoms with Gasteiger partial charge in [0.2, 0.25) is 0 Å². The largest absolute Gasteiger partial charge is 0.312 e. The number of hydrogen-bond acceptors (Lipinski definition) is 4. The summed E-state index contributed by atoms with van der Waals surface area (Å²) in [6, 6.07) is 5.14. The van der Waals surface area contributed by atoms with E-state index >= 15 is 0 Å². The van der Waals surface area contributed by atoms with Crippen molar-refractivity contribution in [3.63, 3.8) is 0 Å². The van der Waals surface area contributed by atoms with Crippen LogP contribution in [0.4, 0.5) is 5.69 Å². The minimum atomic E-state index is -0.350. The number of halogens is 2. The summed E-state index contributed by atoms with van der Waals surface area (Å²) in [6.07, 6.45) is 0. The van der Waals surface area contributed by atoms with E-state index in [1.807, 2.05) is 0 Å². The Bertz CT molecular complexity index is 457. The van der Waals surface area contributed by atoms with Crippen molar-refractivity contribution >= 4 is 29.7 Å². The second kappa shape index (κ2) is 7.05. The maximum absolute atomic E-state index is 11.0. The van der Waals surface area contributed by atoms with Gasteiger partial charge in [-0.05, 0) is 19.1 Å². The van der Waals surface area contributed by atoms with E-state index in [0.717, 1.165) is 19.6 Å². The monoisotopic (exact) mass is 305 g/mol. The smallest absolute Gasteiger partial charge is 0.273 e. The van der Waals surface area contributed by atoms with Crippen molar-refractivity contribution in [2.45, 2.75) is 19.5 Å². The zero-order valence-corrected chi connectivity index (χ0v) is 12.2. The summed E-state index contributed by atoms with van der Waals surface area (Å²) in [5.41, 5.74) is 0.826. The van der Waals surface area contributed by atoms with Gasteiger partial charge < -0.3 is 5.32 Å². The third kappa shape index (κ3) is 4.31. The Kier molecular flexibility index (Phi) is 6.00. The van der Waals surface area contributed by atoms with Crippen molar-refractivity contribution in [1.29, 1.82) is 0 Å². The first-order valence-corrected chi connectivity index (χ1v) is 6.32. The zero-order chi connectivity index (χ0) is 13.1. The van der Waals surface area contributed by atoms with E-state index in [1.54, 1.807) is 12.1 Å². The van der Waals surface area contributed by atoms with Crippen molar-refractivity contribution < 1.29 is 4.92 Å². The van der Waals surface area contributed by atoms with Crippen LogP contribution in [0.1, 0.15) is 12.5 Å². The molecule has 0 aliphatic carbocycles. The zero-order valence-electron chi connectivity index (χ0n) is 10.6. The highest BCUT2D eigenvalue weighted by molar-refractivity contribution is 6.30. The molecule has 0 saturated carbocycles. The number of nitrogens with zero attached hydrogens (tertiary/aromatic N) is 2. The third-order valence-corrected chi connectivity index (χ3v) is 3.32. The summed E-state index contributed by atoms with van der Waals surface area (Å²) in [4.78, 5) is 12.8. The number of nitro benzene ring substituents is 1. The molecule has 1 aromatic rings. The normalized spacial score (nSPS) is 19.8. The molecule has 1 N–H and O–H groups in total. The van der Waals surface area contributed by atoms with Crippen LogP contribution < -0.4 is 5.32 Å². The Hall–Kier alpha value is -0.880. The Balaban J connectivity index is 0.00000180. The molecule has 1 aromatic carbocycles. The van der Waals surface area contributed by atoms with Crippen molar-refractivity contribution in [3.8, 4) is 0 Å². The molecule has 1 heterocycles. The molecule has 0 spiro atoms. The minimum absolute atomic E-state index is 0. The predicted molar refractivity (Wildman–Crippen MR) is 78.1 cm³/mol. The van der Waals surface area contributed by atoms with Crippen molar-refractivity contribution in [2.24, 2.45) is 0 Å². The van der Waals surface area contributed by atoms with Gasteiger partial charge in [0.15, 0.2) is 0 Å². The van der Waals surface area contributed by atoms with Crippen LogP contribution >= 0.6 is 24.0 Å². The molecule has 1 unspecified atom stereocenters. The van der Waals surface area contributed by atoms with Crippen LogP contribution in [0.3, 0.4) is 0 Å². The molecule has 5 nitrogen and oxygen atoms in total. The molecule has 106 valence electrons. The molecule has 1 aliphatic heterocycles. The molecule has 0 aromatic heterocycles. The van der Waals surface area contributed by atoms with E-state index < -0.39 is 0 Å². The van der Waals surface area contributed by atoms with Gasteiger partial charge in [-0.3, -0.25) is 15.0 Å². The number of hydrogen-bond donors (Lipinski definition) is 1. The van der Waals surface area contributed by atoms with Crippen molar-refractivity contribution in [3.05, 3.63) is 38.9 Å². The quantitative estimate of drug-likeness (QED) is 0.688. The Labute approximate surface area is 123 Å². The summed E-state index contributed by atoms with van der Waals surface area (Å²) >= 11 is 5.91. The molecule has 2 rings (SSSR count). The van der Waals surface area contributed by atoms with Gasteiger partial charge in [-0.2, -0.15) is 0 Å². The van der Waals surface area contributed by atoms with Gasteiger partial charge >= 0.3 is 0 Å². The molecular weight excluding hydrogens is 289 g/mol. The summed E-state index contributed by atoms with van der Waals surface area (Å²) < 4.78 is 0. The Morgan fingerprint density at radius 2 is 2.32 bits per heavy atom. The number of piperazine rings is 1. The van der Waals surface area contributed by atoms with E-state index in [1.165, 1.54) is 6.07 Å². The maximum Gasteiger partial charge on any atom is 0.273 e. The molecule has 1 fully saturated rings. The average Bonchev–Trinajstić information content (AvgIpc) is 2.28. The fourth-order valence-corrected chi connectivity index (χ4v) is 2.45. The van der Waals surface area contributed by atoms with E-state index in [0.29, 0.717) is 23.2 Å². The highest BCUT2D eigenvalue weighted by atomic mass is 35.5. The number of nitrogens with one attached hydrogen (secondary N) is 1. The van der Waals surface area contributed by atoms with Gasteiger partial charge in [0.25, 0.3) is 5.69 Å². The first-order chi connectivity index (χ1) is 8.56. The van der Waals surface area contributed by atoms with Gasteiger partial charge in [-0.25, -0.2) is 0 Å². The molecule has 0 radical (unpaired) electrons. The fraction of sp³-hybridized carbons (Fsp3) is 0.500. The third-order valence-electron chi connectivity index (χ3n) is 3.09. The highest BCUT2D eigenvalue weighted by Gasteiger charge is 2.20. The lowest BCUT2D eigenvalue weighted by molar-refractivity contribution is -0.385. The first kappa shape index (κ1) is 16.2. The summed E-state index contributed by atoms with van der Waals surface area (Å²) in [5, 5.41) is 14.9. The van der Waals surface area contributed by atoms with E-state index in [9.17, 15) is 10.1 Å². The molecule has 1 atom stereocenters. The minimum Gasteiger partial charge on any atom is -0.312 e. The molecular formula is C12H17Cl2N3O2. The van der Waals surface area contributed by atoms with Gasteiger partial charge in [0.1, 0.15) is 0 Å². The molecule has 1 aliphatic rings. The van der Waals surface area contributed by atoms with Crippen LogP contribution in [0.25, 0.3) is 0 Å². The van der Waals surface area contributed by atoms with Gasteiger partial charge in [-0.15, -0.1) is 12.4 Å². The van der Waals surface area contributed by atoms with E-state index in [4.69, 9.17) is 11.6 Å². The van der Waals surface area contributed by atoms with E-state index in [-0.39, 0.29) is 23.0 Å². The predicted octanol–water partition coefficient (Wildman–Crippen LogP) is 2.46. The number of rotatable bonds is 3. The summed E-state index contributed by atoms with van der Waals surface area (Å²) in [7, 11) is 0. The van der Waals surface area contributed by atoms with Crippen LogP contribution in [0.2, 0.25) is 5.02 Å². The van der Waals surface area contributed by atoms with Crippen molar-refractivity contribution in [2.75, 3.05) is 19.6 Å². The maximum atomic E-state index is 11.0. The second-order valence-electron chi connectivity index (χ2n) is 4.62. The van der Waals surface area contributed by atoms with Crippen LogP contribution in [0, 0.1) is 10.1 Å². The topological polar surface area (TPSA) is 58.4 Å². The molecule has 19 heavy (non-hydrogen) atoms. The Morgan fingerprint density at radius 1 is 1.58 bits per heavy atom. The molecule has 0 amide bonds. The van der Waals surface area contributed by atoms with Gasteiger partial charge in [0, 0.05) is 48.9 Å². The van der Waals surface area contributed by atoms with Crippen LogP contribution in [0.15, 0.2) is 18.2 Å². The first-order valence-electron chi connectivity index (χ1n) is 5.95. The lowest BCUT2D eigenvalue weighted by Gasteiger charge is -2.31. The van der Waals surface area contributed by atoms with Crippen LogP contribution in [-0.4, -0.2) is 35.5 Å². The summed E-state index contributed by atoms with van der Waals surface area (Å²) in [5.74, 6) is 0. The number of benzene rings is 1. The lowest BCUT2D eigenvalue weighted by atomic mass is 10.1. The second-order valence-corrected chi connectivity index (χ2v) is 5.06. The standard InChI is InChI=1S/C12H16ClN3O2.ClH/c1-9-7-15(5-4-14-9)8-10-6-11(13)2-3-12(10)16(17)18;/h2-3,6,9,14H,4-5,7-8H2,1H3;1H. The lowest BCUT2D eigenvalue weighted by Crippen LogP contribution is -2.48. The SMILES string of the molecule is CC1CN(Cc2cc(Cl)ccc2[N+](=O)[O-])CCN1.Cl. The molecule has 1 saturated heterocycles. The average molecular weight is 306 g/mol. The summed E-state index contributed by atoms with van der Waals surface area (Å²) in [6.45, 7) is 5.38. The highest BCUT2D eigenvalue weighted by Crippen LogP contribution is 2.24.